The second kappa shape index (κ2) is 22.6. The van der Waals surface area contributed by atoms with Crippen molar-refractivity contribution >= 4 is 23.1 Å². The van der Waals surface area contributed by atoms with Gasteiger partial charge in [-0.2, -0.15) is 16.9 Å². The predicted molar refractivity (Wildman–Crippen MR) is 172 cm³/mol. The van der Waals surface area contributed by atoms with E-state index in [1.807, 2.05) is 6.07 Å². The average Bonchev–Trinajstić information content (AvgIpc) is 3.08. The Kier molecular flexibility index (Phi) is 17.7. The first-order valence-corrected chi connectivity index (χ1v) is 17.1. The first-order chi connectivity index (χ1) is 22.8. The summed E-state index contributed by atoms with van der Waals surface area (Å²) in [4.78, 5) is 0. The maximum Gasteiger partial charge on any atom is 0.165 e. The fourth-order valence-corrected chi connectivity index (χ4v) is 4.57. The third-order valence-electron chi connectivity index (χ3n) is 6.41. The van der Waals surface area contributed by atoms with Gasteiger partial charge < -0.3 is 52.1 Å². The summed E-state index contributed by atoms with van der Waals surface area (Å²) >= 11 is 1.77. The Morgan fingerprint density at radius 3 is 1.52 bits per heavy atom. The molecule has 2 aliphatic heterocycles. The maximum atomic E-state index is 6.16. The van der Waals surface area contributed by atoms with Crippen LogP contribution in [0.2, 0.25) is 0 Å². The number of rotatable bonds is 7. The van der Waals surface area contributed by atoms with E-state index in [4.69, 9.17) is 52.1 Å². The molecule has 0 radical (unpaired) electrons. The zero-order valence-electron chi connectivity index (χ0n) is 26.6. The molecule has 0 saturated heterocycles. The van der Waals surface area contributed by atoms with Crippen LogP contribution in [0.4, 0.5) is 11.4 Å². The molecule has 0 N–H and O–H groups in total. The van der Waals surface area contributed by atoms with Crippen molar-refractivity contribution < 1.29 is 52.1 Å². The molecule has 46 heavy (non-hydrogen) atoms. The molecule has 0 aromatic heterocycles. The van der Waals surface area contributed by atoms with Gasteiger partial charge in [0, 0.05) is 18.2 Å². The van der Waals surface area contributed by atoms with E-state index in [0.29, 0.717) is 152 Å². The van der Waals surface area contributed by atoms with E-state index >= 15 is 0 Å². The molecule has 0 fully saturated rings. The minimum atomic E-state index is 0.321. The highest BCUT2D eigenvalue weighted by Gasteiger charge is 2.15. The SMILES string of the molecule is CSCCCOc1cc2c(cc1N=Nc1ccc3c(c1)OCCOCCOCCOCCO3)OCCOCCOCCOCCO2. The molecule has 0 atom stereocenters. The lowest BCUT2D eigenvalue weighted by atomic mass is 10.2. The topological polar surface area (TPSA) is 126 Å². The van der Waals surface area contributed by atoms with Crippen LogP contribution in [0.5, 0.6) is 28.7 Å². The molecule has 0 saturated carbocycles. The third-order valence-corrected chi connectivity index (χ3v) is 7.10. The van der Waals surface area contributed by atoms with Gasteiger partial charge >= 0.3 is 0 Å². The van der Waals surface area contributed by atoms with Gasteiger partial charge in [-0.1, -0.05) is 0 Å². The van der Waals surface area contributed by atoms with Crippen molar-refractivity contribution in [3.8, 4) is 28.7 Å². The van der Waals surface area contributed by atoms with Crippen LogP contribution in [0.25, 0.3) is 0 Å². The predicted octanol–water partition coefficient (Wildman–Crippen LogP) is 4.88. The van der Waals surface area contributed by atoms with Gasteiger partial charge in [0.1, 0.15) is 32.1 Å². The van der Waals surface area contributed by atoms with E-state index in [0.717, 1.165) is 12.2 Å². The number of hydrogen-bond donors (Lipinski definition) is 0. The van der Waals surface area contributed by atoms with Crippen LogP contribution in [-0.2, 0) is 28.4 Å². The molecule has 0 unspecified atom stereocenters. The Bertz CT molecular complexity index is 1160. The molecule has 256 valence electrons. The minimum Gasteiger partial charge on any atom is -0.491 e. The molecular weight excluding hydrogens is 620 g/mol. The lowest BCUT2D eigenvalue weighted by Gasteiger charge is -2.16. The van der Waals surface area contributed by atoms with Crippen molar-refractivity contribution in [3.63, 3.8) is 0 Å². The third kappa shape index (κ3) is 13.9. The summed E-state index contributed by atoms with van der Waals surface area (Å²) in [6.45, 7) is 7.45. The van der Waals surface area contributed by atoms with E-state index in [1.54, 1.807) is 36.0 Å². The highest BCUT2D eigenvalue weighted by molar-refractivity contribution is 7.98. The van der Waals surface area contributed by atoms with Gasteiger partial charge in [0.15, 0.2) is 28.7 Å². The molecule has 2 heterocycles. The minimum absolute atomic E-state index is 0.321. The summed E-state index contributed by atoms with van der Waals surface area (Å²) in [5.74, 6) is 3.65. The van der Waals surface area contributed by atoms with Crippen LogP contribution in [0.1, 0.15) is 6.42 Å². The summed E-state index contributed by atoms with van der Waals surface area (Å²) in [5.41, 5.74) is 1.07. The lowest BCUT2D eigenvalue weighted by molar-refractivity contribution is 0.00708. The van der Waals surface area contributed by atoms with Gasteiger partial charge in [-0.05, 0) is 30.6 Å². The van der Waals surface area contributed by atoms with E-state index < -0.39 is 0 Å². The summed E-state index contributed by atoms with van der Waals surface area (Å²) in [6, 6.07) is 8.96. The zero-order valence-corrected chi connectivity index (χ0v) is 27.4. The molecule has 0 bridgehead atoms. The van der Waals surface area contributed by atoms with E-state index in [-0.39, 0.29) is 0 Å². The zero-order chi connectivity index (χ0) is 31.9. The van der Waals surface area contributed by atoms with Crippen molar-refractivity contribution in [1.82, 2.24) is 0 Å². The van der Waals surface area contributed by atoms with Crippen LogP contribution < -0.4 is 23.7 Å². The van der Waals surface area contributed by atoms with E-state index in [9.17, 15) is 0 Å². The molecule has 2 aromatic carbocycles. The smallest absolute Gasteiger partial charge is 0.165 e. The summed E-state index contributed by atoms with van der Waals surface area (Å²) in [5, 5.41) is 9.09. The van der Waals surface area contributed by atoms with Gasteiger partial charge in [-0.15, -0.1) is 5.11 Å². The van der Waals surface area contributed by atoms with Gasteiger partial charge in [-0.3, -0.25) is 0 Å². The van der Waals surface area contributed by atoms with Crippen LogP contribution in [0.3, 0.4) is 0 Å². The number of hydrogen-bond acceptors (Lipinski definition) is 14. The van der Waals surface area contributed by atoms with Gasteiger partial charge in [0.2, 0.25) is 0 Å². The van der Waals surface area contributed by atoms with E-state index in [1.165, 1.54) is 0 Å². The van der Waals surface area contributed by atoms with Crippen molar-refractivity contribution in [3.05, 3.63) is 30.3 Å². The molecule has 2 aliphatic rings. The van der Waals surface area contributed by atoms with Crippen molar-refractivity contribution in [2.45, 2.75) is 6.42 Å². The average molecular weight is 667 g/mol. The van der Waals surface area contributed by atoms with Crippen LogP contribution >= 0.6 is 11.8 Å². The Labute approximate surface area is 275 Å². The molecule has 2 aromatic rings. The van der Waals surface area contributed by atoms with Gasteiger partial charge in [0.05, 0.1) is 91.6 Å². The Balaban J connectivity index is 1.54. The normalized spacial score (nSPS) is 18.5. The van der Waals surface area contributed by atoms with Crippen molar-refractivity contribution in [2.24, 2.45) is 10.2 Å². The fourth-order valence-electron chi connectivity index (χ4n) is 4.16. The number of azo groups is 1. The lowest BCUT2D eigenvalue weighted by Crippen LogP contribution is -2.13. The summed E-state index contributed by atoms with van der Waals surface area (Å²) < 4.78 is 63.6. The number of nitrogens with zero attached hydrogens (tertiary/aromatic N) is 2. The highest BCUT2D eigenvalue weighted by atomic mass is 32.2. The Hall–Kier alpha value is -2.85. The van der Waals surface area contributed by atoms with E-state index in [2.05, 4.69) is 16.5 Å². The second-order valence-corrected chi connectivity index (χ2v) is 10.8. The number of ether oxygens (including phenoxy) is 11. The van der Waals surface area contributed by atoms with Crippen LogP contribution in [-0.4, -0.2) is 124 Å². The monoisotopic (exact) mass is 666 g/mol. The van der Waals surface area contributed by atoms with Crippen molar-refractivity contribution in [2.75, 3.05) is 124 Å². The summed E-state index contributed by atoms with van der Waals surface area (Å²) in [6.07, 6.45) is 2.95. The molecule has 14 heteroatoms. The largest absolute Gasteiger partial charge is 0.491 e. The molecule has 0 aliphatic carbocycles. The Morgan fingerprint density at radius 2 is 1.00 bits per heavy atom. The maximum absolute atomic E-state index is 6.16. The number of fused-ring (bicyclic) bond motifs is 2. The number of benzene rings is 2. The standard InChI is InChI=1S/C32H46N2O11S/c1-46-22-2-5-41-29-25-32-31(44-20-16-39-12-8-36-9-13-40-17-21-45-32)24-27(29)34-33-26-3-4-28-30(23-26)43-19-15-38-11-7-35-6-10-37-14-18-42-28/h3-4,23-25H,2,5-22H2,1H3. The number of thioether (sulfide) groups is 1. The first-order valence-electron chi connectivity index (χ1n) is 15.7. The molecule has 13 nitrogen and oxygen atoms in total. The Morgan fingerprint density at radius 1 is 0.543 bits per heavy atom. The van der Waals surface area contributed by atoms with Crippen molar-refractivity contribution in [1.29, 1.82) is 0 Å². The highest BCUT2D eigenvalue weighted by Crippen LogP contribution is 2.41. The molecule has 0 spiro atoms. The molecular formula is C32H46N2O11S. The fraction of sp³-hybridized carbons (Fsp3) is 0.625. The summed E-state index contributed by atoms with van der Waals surface area (Å²) in [7, 11) is 0. The first kappa shape index (κ1) is 36.0. The molecule has 0 amide bonds. The second-order valence-electron chi connectivity index (χ2n) is 9.86. The quantitative estimate of drug-likeness (QED) is 0.296. The molecule has 4 rings (SSSR count). The van der Waals surface area contributed by atoms with Gasteiger partial charge in [0.25, 0.3) is 0 Å². The van der Waals surface area contributed by atoms with Crippen LogP contribution in [0, 0.1) is 0 Å². The van der Waals surface area contributed by atoms with Gasteiger partial charge in [-0.25, -0.2) is 0 Å². The van der Waals surface area contributed by atoms with Crippen LogP contribution in [0.15, 0.2) is 40.6 Å².